The van der Waals surface area contributed by atoms with Gasteiger partial charge in [-0.25, -0.2) is 8.78 Å². The largest absolute Gasteiger partial charge is 0.481 e. The summed E-state index contributed by atoms with van der Waals surface area (Å²) in [6, 6.07) is 0. The van der Waals surface area contributed by atoms with Crippen LogP contribution in [0.2, 0.25) is 0 Å². The molecule has 2 saturated carbocycles. The average Bonchev–Trinajstić information content (AvgIpc) is 2.66. The summed E-state index contributed by atoms with van der Waals surface area (Å²) in [5, 5.41) is 8.61. The van der Waals surface area contributed by atoms with E-state index in [1.807, 2.05) is 0 Å². The Bertz CT molecular complexity index is 220. The van der Waals surface area contributed by atoms with E-state index in [1.54, 1.807) is 0 Å². The van der Waals surface area contributed by atoms with Crippen LogP contribution >= 0.6 is 0 Å². The lowest BCUT2D eigenvalue weighted by molar-refractivity contribution is -0.145. The summed E-state index contributed by atoms with van der Waals surface area (Å²) >= 11 is 0. The molecule has 2 rings (SSSR count). The number of alkyl halides is 2. The minimum atomic E-state index is -2.69. The van der Waals surface area contributed by atoms with Crippen LogP contribution in [0, 0.1) is 11.3 Å². The summed E-state index contributed by atoms with van der Waals surface area (Å²) in [5.41, 5.74) is -1.04. The molecule has 1 atom stereocenters. The Morgan fingerprint density at radius 1 is 1.45 bits per heavy atom. The average molecular weight is 162 g/mol. The number of carbonyl (C=O) groups is 1. The molecule has 0 radical (unpaired) electrons. The van der Waals surface area contributed by atoms with E-state index in [4.69, 9.17) is 5.11 Å². The van der Waals surface area contributed by atoms with E-state index in [2.05, 4.69) is 0 Å². The van der Waals surface area contributed by atoms with Gasteiger partial charge in [0, 0.05) is 12.3 Å². The molecule has 0 amide bonds. The van der Waals surface area contributed by atoms with Crippen molar-refractivity contribution in [3.8, 4) is 0 Å². The summed E-state index contributed by atoms with van der Waals surface area (Å²) in [7, 11) is 0. The van der Waals surface area contributed by atoms with Crippen LogP contribution in [0.5, 0.6) is 0 Å². The first-order valence-corrected chi connectivity index (χ1v) is 3.60. The van der Waals surface area contributed by atoms with Gasteiger partial charge in [0.1, 0.15) is 0 Å². The van der Waals surface area contributed by atoms with E-state index >= 15 is 0 Å². The number of halogens is 2. The Labute approximate surface area is 62.2 Å². The van der Waals surface area contributed by atoms with Gasteiger partial charge in [-0.15, -0.1) is 0 Å². The third-order valence-electron chi connectivity index (χ3n) is 2.71. The fourth-order valence-corrected chi connectivity index (χ4v) is 1.66. The molecule has 0 saturated heterocycles. The molecule has 0 aromatic carbocycles. The number of hydrogen-bond acceptors (Lipinski definition) is 1. The quantitative estimate of drug-likeness (QED) is 0.668. The number of rotatable bonds is 2. The van der Waals surface area contributed by atoms with Gasteiger partial charge in [0.05, 0.1) is 5.41 Å². The van der Waals surface area contributed by atoms with Gasteiger partial charge in [0.25, 0.3) is 5.92 Å². The second-order valence-corrected chi connectivity index (χ2v) is 3.48. The lowest BCUT2D eigenvalue weighted by atomic mass is 10.0. The van der Waals surface area contributed by atoms with Crippen LogP contribution < -0.4 is 0 Å². The molecular formula is C7H8F2O2. The Kier molecular flexibility index (Phi) is 0.997. The fraction of sp³-hybridized carbons (Fsp3) is 0.857. The number of aliphatic carboxylic acids is 1. The maximum Gasteiger partial charge on any atom is 0.310 e. The highest BCUT2D eigenvalue weighted by Crippen LogP contribution is 2.68. The topological polar surface area (TPSA) is 37.3 Å². The molecule has 0 bridgehead atoms. The van der Waals surface area contributed by atoms with Crippen LogP contribution in [0.3, 0.4) is 0 Å². The van der Waals surface area contributed by atoms with Gasteiger partial charge < -0.3 is 5.11 Å². The first-order chi connectivity index (χ1) is 4.99. The van der Waals surface area contributed by atoms with E-state index in [1.165, 1.54) is 0 Å². The molecule has 0 aromatic heterocycles. The summed E-state index contributed by atoms with van der Waals surface area (Å²) < 4.78 is 24.9. The van der Waals surface area contributed by atoms with Crippen molar-refractivity contribution in [1.29, 1.82) is 0 Å². The molecule has 2 fully saturated rings. The molecule has 1 N–H and O–H groups in total. The van der Waals surface area contributed by atoms with E-state index in [0.717, 1.165) is 0 Å². The molecule has 0 heterocycles. The second kappa shape index (κ2) is 1.57. The van der Waals surface area contributed by atoms with E-state index in [0.29, 0.717) is 12.8 Å². The normalized spacial score (nSPS) is 36.4. The highest BCUT2D eigenvalue weighted by molar-refractivity contribution is 5.79. The van der Waals surface area contributed by atoms with Crippen LogP contribution in [-0.4, -0.2) is 17.0 Å². The Hall–Kier alpha value is -0.670. The highest BCUT2D eigenvalue weighted by Gasteiger charge is 2.73. The zero-order valence-corrected chi connectivity index (χ0v) is 5.81. The van der Waals surface area contributed by atoms with Gasteiger partial charge in [-0.1, -0.05) is 0 Å². The summed E-state index contributed by atoms with van der Waals surface area (Å²) in [5.74, 6) is -4.60. The van der Waals surface area contributed by atoms with Crippen molar-refractivity contribution in [2.45, 2.75) is 25.2 Å². The fourth-order valence-electron chi connectivity index (χ4n) is 1.66. The zero-order chi connectivity index (χ0) is 8.28. The van der Waals surface area contributed by atoms with Crippen LogP contribution in [0.15, 0.2) is 0 Å². The molecule has 2 aliphatic rings. The first-order valence-electron chi connectivity index (χ1n) is 3.60. The molecule has 0 spiro atoms. The molecule has 2 nitrogen and oxygen atoms in total. The first kappa shape index (κ1) is 7.00. The monoisotopic (exact) mass is 162 g/mol. The third-order valence-corrected chi connectivity index (χ3v) is 2.71. The molecule has 0 aromatic rings. The van der Waals surface area contributed by atoms with Gasteiger partial charge in [-0.3, -0.25) is 4.79 Å². The van der Waals surface area contributed by atoms with Gasteiger partial charge in [-0.2, -0.15) is 0 Å². The summed E-state index contributed by atoms with van der Waals surface area (Å²) in [4.78, 5) is 10.5. The Balaban J connectivity index is 2.13. The van der Waals surface area contributed by atoms with Crippen molar-refractivity contribution in [3.05, 3.63) is 0 Å². The summed E-state index contributed by atoms with van der Waals surface area (Å²) in [6.07, 6.45) is 0.643. The smallest absolute Gasteiger partial charge is 0.310 e. The molecule has 4 heteroatoms. The Morgan fingerprint density at radius 3 is 2.00 bits per heavy atom. The van der Waals surface area contributed by atoms with E-state index in [-0.39, 0.29) is 6.42 Å². The van der Waals surface area contributed by atoms with Crippen molar-refractivity contribution in [1.82, 2.24) is 0 Å². The van der Waals surface area contributed by atoms with Crippen molar-refractivity contribution in [2.75, 3.05) is 0 Å². The minimum absolute atomic E-state index is 0.223. The number of carboxylic acid groups (broad SMARTS) is 1. The van der Waals surface area contributed by atoms with Gasteiger partial charge in [0.2, 0.25) is 0 Å². The summed E-state index contributed by atoms with van der Waals surface area (Å²) in [6.45, 7) is 0. The van der Waals surface area contributed by atoms with E-state index < -0.39 is 23.2 Å². The van der Waals surface area contributed by atoms with Gasteiger partial charge >= 0.3 is 5.97 Å². The molecule has 62 valence electrons. The van der Waals surface area contributed by atoms with Gasteiger partial charge in [-0.05, 0) is 12.8 Å². The molecule has 0 aliphatic heterocycles. The van der Waals surface area contributed by atoms with Crippen LogP contribution in [-0.2, 0) is 4.79 Å². The van der Waals surface area contributed by atoms with Crippen LogP contribution in [0.4, 0.5) is 8.78 Å². The van der Waals surface area contributed by atoms with Crippen LogP contribution in [0.25, 0.3) is 0 Å². The SMILES string of the molecule is O=C(O)C1(C2CC2(F)F)CC1. The van der Waals surface area contributed by atoms with Crippen molar-refractivity contribution in [2.24, 2.45) is 11.3 Å². The maximum atomic E-state index is 12.4. The van der Waals surface area contributed by atoms with Gasteiger partial charge in [0.15, 0.2) is 0 Å². The predicted octanol–water partition coefficient (Wildman–Crippen LogP) is 1.51. The van der Waals surface area contributed by atoms with E-state index in [9.17, 15) is 13.6 Å². The van der Waals surface area contributed by atoms with Crippen molar-refractivity contribution in [3.63, 3.8) is 0 Å². The third kappa shape index (κ3) is 0.781. The molecule has 11 heavy (non-hydrogen) atoms. The Morgan fingerprint density at radius 2 is 1.91 bits per heavy atom. The standard InChI is InChI=1S/C7H8F2O2/c8-7(9)3-4(7)6(1-2-6)5(10)11/h4H,1-3H2,(H,10,11). The lowest BCUT2D eigenvalue weighted by Crippen LogP contribution is -2.20. The minimum Gasteiger partial charge on any atom is -0.481 e. The molecular weight excluding hydrogens is 154 g/mol. The lowest BCUT2D eigenvalue weighted by Gasteiger charge is -2.06. The van der Waals surface area contributed by atoms with Crippen LogP contribution in [0.1, 0.15) is 19.3 Å². The van der Waals surface area contributed by atoms with Crippen molar-refractivity contribution < 1.29 is 18.7 Å². The second-order valence-electron chi connectivity index (χ2n) is 3.48. The predicted molar refractivity (Wildman–Crippen MR) is 32.4 cm³/mol. The number of hydrogen-bond donors (Lipinski definition) is 1. The number of carboxylic acids is 1. The van der Waals surface area contributed by atoms with Crippen molar-refractivity contribution >= 4 is 5.97 Å². The molecule has 1 unspecified atom stereocenters. The maximum absolute atomic E-state index is 12.4. The zero-order valence-electron chi connectivity index (χ0n) is 5.81. The highest BCUT2D eigenvalue weighted by atomic mass is 19.3. The molecule has 2 aliphatic carbocycles.